The average Bonchev–Trinajstić information content (AvgIpc) is 2.88. The van der Waals surface area contributed by atoms with Crippen LogP contribution in [0.4, 0.5) is 0 Å². The summed E-state index contributed by atoms with van der Waals surface area (Å²) in [6.07, 6.45) is 11.5. The third-order valence-electron chi connectivity index (χ3n) is 4.75. The lowest BCUT2D eigenvalue weighted by atomic mass is 9.86. The summed E-state index contributed by atoms with van der Waals surface area (Å²) in [5, 5.41) is 8.90. The summed E-state index contributed by atoms with van der Waals surface area (Å²) in [6, 6.07) is 4.33. The first kappa shape index (κ1) is 15.0. The number of aryl methyl sites for hydroxylation is 3. The largest absolute Gasteiger partial charge is 0.312 e. The minimum Gasteiger partial charge on any atom is -0.312 e. The van der Waals surface area contributed by atoms with Gasteiger partial charge in [-0.1, -0.05) is 32.1 Å². The van der Waals surface area contributed by atoms with Gasteiger partial charge in [0.15, 0.2) is 5.65 Å². The zero-order valence-electron chi connectivity index (χ0n) is 13.4. The van der Waals surface area contributed by atoms with Crippen molar-refractivity contribution in [3.05, 3.63) is 23.7 Å². The van der Waals surface area contributed by atoms with E-state index in [9.17, 15) is 0 Å². The van der Waals surface area contributed by atoms with Gasteiger partial charge in [0.25, 0.3) is 0 Å². The van der Waals surface area contributed by atoms with Crippen LogP contribution in [0.15, 0.2) is 12.3 Å². The van der Waals surface area contributed by atoms with Crippen LogP contribution in [0.3, 0.4) is 0 Å². The number of imidazole rings is 1. The Morgan fingerprint density at radius 1 is 1.32 bits per heavy atom. The topological polar surface area (TPSA) is 54.5 Å². The Labute approximate surface area is 132 Å². The molecule has 0 aliphatic heterocycles. The van der Waals surface area contributed by atoms with Gasteiger partial charge in [-0.25, -0.2) is 9.97 Å². The maximum absolute atomic E-state index is 8.90. The predicted octanol–water partition coefficient (Wildman–Crippen LogP) is 4.17. The quantitative estimate of drug-likeness (QED) is 0.832. The number of hydrogen-bond acceptors (Lipinski definition) is 3. The third kappa shape index (κ3) is 3.30. The van der Waals surface area contributed by atoms with E-state index >= 15 is 0 Å². The van der Waals surface area contributed by atoms with E-state index in [1.807, 2.05) is 13.1 Å². The van der Waals surface area contributed by atoms with Crippen LogP contribution in [-0.2, 0) is 13.0 Å². The van der Waals surface area contributed by atoms with Crippen molar-refractivity contribution in [3.63, 3.8) is 0 Å². The second-order valence-electron chi connectivity index (χ2n) is 6.49. The fourth-order valence-corrected chi connectivity index (χ4v) is 3.56. The molecule has 0 N–H and O–H groups in total. The second kappa shape index (κ2) is 6.91. The van der Waals surface area contributed by atoms with Crippen molar-refractivity contribution in [2.45, 2.75) is 64.8 Å². The van der Waals surface area contributed by atoms with Gasteiger partial charge in [-0.3, -0.25) is 0 Å². The number of hydrogen-bond donors (Lipinski definition) is 0. The van der Waals surface area contributed by atoms with Gasteiger partial charge in [-0.15, -0.1) is 0 Å². The van der Waals surface area contributed by atoms with Crippen molar-refractivity contribution in [1.82, 2.24) is 14.5 Å². The molecule has 22 heavy (non-hydrogen) atoms. The molecule has 0 amide bonds. The van der Waals surface area contributed by atoms with Crippen LogP contribution in [0.25, 0.3) is 11.2 Å². The van der Waals surface area contributed by atoms with E-state index in [4.69, 9.17) is 10.2 Å². The highest BCUT2D eigenvalue weighted by atomic mass is 15.1. The minimum absolute atomic E-state index is 0.511. The average molecular weight is 296 g/mol. The summed E-state index contributed by atoms with van der Waals surface area (Å²) < 4.78 is 2.15. The Bertz CT molecular complexity index is 674. The fourth-order valence-electron chi connectivity index (χ4n) is 3.56. The molecule has 0 atom stereocenters. The Kier molecular flexibility index (Phi) is 4.72. The van der Waals surface area contributed by atoms with E-state index in [1.54, 1.807) is 0 Å². The minimum atomic E-state index is 0.511. The van der Waals surface area contributed by atoms with Crippen molar-refractivity contribution in [2.75, 3.05) is 0 Å². The Hall–Kier alpha value is -1.89. The molecule has 3 rings (SSSR count). The van der Waals surface area contributed by atoms with Gasteiger partial charge in [0.2, 0.25) is 0 Å². The molecule has 2 heterocycles. The first-order chi connectivity index (χ1) is 10.8. The lowest BCUT2D eigenvalue weighted by Crippen LogP contribution is -2.10. The van der Waals surface area contributed by atoms with Crippen LogP contribution in [0.1, 0.15) is 56.3 Å². The first-order valence-corrected chi connectivity index (χ1v) is 8.46. The predicted molar refractivity (Wildman–Crippen MR) is 87.4 cm³/mol. The van der Waals surface area contributed by atoms with Gasteiger partial charge in [-0.05, 0) is 30.9 Å². The molecule has 4 nitrogen and oxygen atoms in total. The molecule has 4 heteroatoms. The van der Waals surface area contributed by atoms with Gasteiger partial charge >= 0.3 is 0 Å². The number of nitrogens with zero attached hydrogens (tertiary/aromatic N) is 4. The summed E-state index contributed by atoms with van der Waals surface area (Å²) in [4.78, 5) is 9.34. The van der Waals surface area contributed by atoms with Gasteiger partial charge in [0.1, 0.15) is 11.3 Å². The zero-order valence-corrected chi connectivity index (χ0v) is 13.4. The summed E-state index contributed by atoms with van der Waals surface area (Å²) in [5.41, 5.74) is 3.03. The lowest BCUT2D eigenvalue weighted by molar-refractivity contribution is 0.336. The highest BCUT2D eigenvalue weighted by Crippen LogP contribution is 2.28. The smallest absolute Gasteiger partial charge is 0.160 e. The van der Waals surface area contributed by atoms with Crippen LogP contribution < -0.4 is 0 Å². The molecule has 1 fully saturated rings. The molecule has 116 valence electrons. The van der Waals surface area contributed by atoms with Gasteiger partial charge in [0, 0.05) is 19.2 Å². The molecule has 0 spiro atoms. The Morgan fingerprint density at radius 2 is 2.14 bits per heavy atom. The summed E-state index contributed by atoms with van der Waals surface area (Å²) in [6.45, 7) is 2.74. The van der Waals surface area contributed by atoms with Crippen LogP contribution in [0, 0.1) is 24.2 Å². The summed E-state index contributed by atoms with van der Waals surface area (Å²) >= 11 is 0. The number of rotatable bonds is 5. The van der Waals surface area contributed by atoms with E-state index in [0.717, 1.165) is 34.9 Å². The molecule has 0 bridgehead atoms. The van der Waals surface area contributed by atoms with E-state index in [1.165, 1.54) is 38.5 Å². The van der Waals surface area contributed by atoms with E-state index in [-0.39, 0.29) is 0 Å². The van der Waals surface area contributed by atoms with Crippen molar-refractivity contribution >= 4 is 11.2 Å². The fraction of sp³-hybridized carbons (Fsp3) is 0.611. The van der Waals surface area contributed by atoms with E-state index in [2.05, 4.69) is 21.7 Å². The van der Waals surface area contributed by atoms with Crippen LogP contribution in [0.2, 0.25) is 0 Å². The van der Waals surface area contributed by atoms with E-state index < -0.39 is 0 Å². The van der Waals surface area contributed by atoms with Gasteiger partial charge in [0.05, 0.1) is 12.5 Å². The monoisotopic (exact) mass is 296 g/mol. The van der Waals surface area contributed by atoms with Crippen molar-refractivity contribution in [3.8, 4) is 6.07 Å². The molecule has 0 radical (unpaired) electrons. The zero-order chi connectivity index (χ0) is 15.4. The molecular weight excluding hydrogens is 272 g/mol. The number of pyridine rings is 1. The summed E-state index contributed by atoms with van der Waals surface area (Å²) in [7, 11) is 0. The van der Waals surface area contributed by atoms with Crippen LogP contribution >= 0.6 is 0 Å². The highest BCUT2D eigenvalue weighted by Gasteiger charge is 2.16. The number of fused-ring (bicyclic) bond motifs is 1. The van der Waals surface area contributed by atoms with Crippen molar-refractivity contribution in [2.24, 2.45) is 5.92 Å². The van der Waals surface area contributed by atoms with Crippen molar-refractivity contribution < 1.29 is 0 Å². The van der Waals surface area contributed by atoms with Crippen LogP contribution in [-0.4, -0.2) is 14.5 Å². The van der Waals surface area contributed by atoms with Crippen LogP contribution in [0.5, 0.6) is 0 Å². The second-order valence-corrected chi connectivity index (χ2v) is 6.49. The van der Waals surface area contributed by atoms with Gasteiger partial charge < -0.3 is 4.57 Å². The third-order valence-corrected chi connectivity index (χ3v) is 4.75. The molecule has 1 saturated carbocycles. The van der Waals surface area contributed by atoms with Gasteiger partial charge in [-0.2, -0.15) is 5.26 Å². The maximum atomic E-state index is 8.90. The first-order valence-electron chi connectivity index (χ1n) is 8.46. The molecule has 0 unspecified atom stereocenters. The molecule has 2 aromatic heterocycles. The van der Waals surface area contributed by atoms with E-state index in [0.29, 0.717) is 13.0 Å². The number of nitriles is 1. The Morgan fingerprint density at radius 3 is 2.91 bits per heavy atom. The normalized spacial score (nSPS) is 16.0. The maximum Gasteiger partial charge on any atom is 0.160 e. The molecule has 0 saturated heterocycles. The van der Waals surface area contributed by atoms with Crippen molar-refractivity contribution in [1.29, 1.82) is 5.26 Å². The molecule has 0 aromatic carbocycles. The summed E-state index contributed by atoms with van der Waals surface area (Å²) in [5.74, 6) is 1.96. The highest BCUT2D eigenvalue weighted by molar-refractivity contribution is 5.72. The molecule has 1 aliphatic rings. The lowest BCUT2D eigenvalue weighted by Gasteiger charge is -2.21. The SMILES string of the molecule is Cc1cnc2c(c1)nc(CCC1CCCCC1)n2CCC#N. The number of aromatic nitrogens is 3. The molecule has 2 aromatic rings. The molecule has 1 aliphatic carbocycles. The standard InChI is InChI=1S/C18H24N4/c1-14-12-16-18(20-13-14)22(11-5-10-19)17(21-16)9-8-15-6-3-2-4-7-15/h12-13,15H,2-9,11H2,1H3. The Balaban J connectivity index is 1.81. The molecular formula is C18H24N4.